The second-order valence-electron chi connectivity index (χ2n) is 12.1. The maximum atomic E-state index is 13.2. The largest absolute Gasteiger partial charge is 0.458 e. The van der Waals surface area contributed by atoms with Crippen LogP contribution in [0.2, 0.25) is 0 Å². The molecule has 0 spiro atoms. The molecule has 0 heterocycles. The third-order valence-electron chi connectivity index (χ3n) is 10.2. The summed E-state index contributed by atoms with van der Waals surface area (Å²) in [4.78, 5) is 37.6. The first kappa shape index (κ1) is 26.2. The molecule has 0 N–H and O–H groups in total. The summed E-state index contributed by atoms with van der Waals surface area (Å²) in [5, 5.41) is 0. The van der Waals surface area contributed by atoms with E-state index >= 15 is 0 Å². The summed E-state index contributed by atoms with van der Waals surface area (Å²) in [7, 11) is 0. The third kappa shape index (κ3) is 4.21. The predicted molar refractivity (Wildman–Crippen MR) is 135 cm³/mol. The zero-order chi connectivity index (χ0) is 25.6. The van der Waals surface area contributed by atoms with Crippen molar-refractivity contribution >= 4 is 17.7 Å². The summed E-state index contributed by atoms with van der Waals surface area (Å²) >= 11 is 0. The highest BCUT2D eigenvalue weighted by Crippen LogP contribution is 2.68. The van der Waals surface area contributed by atoms with Crippen LogP contribution in [-0.4, -0.2) is 29.4 Å². The van der Waals surface area contributed by atoms with Crippen molar-refractivity contribution in [1.82, 2.24) is 0 Å². The number of carbonyl (C=O) groups is 3. The van der Waals surface area contributed by atoms with E-state index in [9.17, 15) is 14.4 Å². The van der Waals surface area contributed by atoms with Crippen LogP contribution in [0, 0.1) is 28.6 Å². The second kappa shape index (κ2) is 9.52. The number of ether oxygens (including phenoxy) is 2. The number of hydrogen-bond acceptors (Lipinski definition) is 5. The monoisotopic (exact) mass is 484 g/mol. The maximum absolute atomic E-state index is 13.2. The van der Waals surface area contributed by atoms with Crippen LogP contribution in [0.15, 0.2) is 23.3 Å². The molecule has 5 nitrogen and oxygen atoms in total. The van der Waals surface area contributed by atoms with Gasteiger partial charge in [-0.25, -0.2) is 0 Å². The lowest BCUT2D eigenvalue weighted by atomic mass is 9.47. The van der Waals surface area contributed by atoms with E-state index in [1.165, 1.54) is 18.1 Å². The molecule has 4 rings (SSSR count). The quantitative estimate of drug-likeness (QED) is 0.305. The fourth-order valence-electron chi connectivity index (χ4n) is 8.44. The Kier molecular flexibility index (Phi) is 7.11. The Morgan fingerprint density at radius 3 is 2.34 bits per heavy atom. The molecule has 2 saturated carbocycles. The smallest absolute Gasteiger partial charge is 0.306 e. The van der Waals surface area contributed by atoms with Gasteiger partial charge >= 0.3 is 11.9 Å². The molecule has 0 aromatic rings. The van der Waals surface area contributed by atoms with Gasteiger partial charge in [-0.3, -0.25) is 14.4 Å². The molecule has 2 fully saturated rings. The number of esters is 2. The van der Waals surface area contributed by atoms with Crippen molar-refractivity contribution in [3.05, 3.63) is 23.3 Å². The Bertz CT molecular complexity index is 946. The second-order valence-corrected chi connectivity index (χ2v) is 12.1. The topological polar surface area (TPSA) is 69.7 Å². The van der Waals surface area contributed by atoms with E-state index in [-0.39, 0.29) is 34.7 Å². The molecule has 35 heavy (non-hydrogen) atoms. The van der Waals surface area contributed by atoms with Gasteiger partial charge in [0, 0.05) is 18.8 Å². The van der Waals surface area contributed by atoms with E-state index < -0.39 is 5.60 Å². The van der Waals surface area contributed by atoms with E-state index in [1.807, 2.05) is 0 Å². The molecule has 7 atom stereocenters. The highest BCUT2D eigenvalue weighted by Gasteiger charge is 2.67. The number of unbranched alkanes of at least 4 members (excludes halogenated alkanes) is 2. The molecule has 194 valence electrons. The van der Waals surface area contributed by atoms with Crippen LogP contribution < -0.4 is 0 Å². The van der Waals surface area contributed by atoms with Crippen molar-refractivity contribution in [1.29, 1.82) is 0 Å². The van der Waals surface area contributed by atoms with Crippen molar-refractivity contribution < 1.29 is 23.9 Å². The Balaban J connectivity index is 1.64. The predicted octanol–water partition coefficient (Wildman–Crippen LogP) is 6.50. The Hall–Kier alpha value is -1.91. The van der Waals surface area contributed by atoms with Gasteiger partial charge in [0.05, 0.1) is 0 Å². The molecule has 0 bridgehead atoms. The average Bonchev–Trinajstić information content (AvgIpc) is 3.08. The highest BCUT2D eigenvalue weighted by molar-refractivity contribution is 5.89. The number of hydrogen-bond donors (Lipinski definition) is 0. The molecule has 0 amide bonds. The van der Waals surface area contributed by atoms with E-state index in [0.717, 1.165) is 51.4 Å². The summed E-state index contributed by atoms with van der Waals surface area (Å²) in [6.07, 6.45) is 13.0. The summed E-state index contributed by atoms with van der Waals surface area (Å²) in [5.74, 6) is 0.727. The van der Waals surface area contributed by atoms with Crippen LogP contribution in [-0.2, 0) is 23.9 Å². The minimum Gasteiger partial charge on any atom is -0.458 e. The zero-order valence-corrected chi connectivity index (χ0v) is 22.6. The van der Waals surface area contributed by atoms with Gasteiger partial charge in [-0.1, -0.05) is 45.3 Å². The molecule has 0 aromatic heterocycles. The lowest BCUT2D eigenvalue weighted by molar-refractivity contribution is -0.187. The molecule has 0 saturated heterocycles. The molecule has 4 aliphatic carbocycles. The van der Waals surface area contributed by atoms with E-state index in [4.69, 9.17) is 9.47 Å². The number of Topliss-reactive ketones (excluding diaryl/α,β-unsaturated/α-hetero) is 1. The van der Waals surface area contributed by atoms with Crippen molar-refractivity contribution in [3.63, 3.8) is 0 Å². The minimum absolute atomic E-state index is 0.00925. The van der Waals surface area contributed by atoms with Gasteiger partial charge in [0.2, 0.25) is 0 Å². The fourth-order valence-corrected chi connectivity index (χ4v) is 8.44. The molecular formula is C30H44O5. The summed E-state index contributed by atoms with van der Waals surface area (Å²) < 4.78 is 11.8. The normalized spacial score (nSPS) is 39.9. The number of allylic oxidation sites excluding steroid dienone is 3. The van der Waals surface area contributed by atoms with E-state index in [2.05, 4.69) is 39.8 Å². The van der Waals surface area contributed by atoms with Crippen LogP contribution in [0.4, 0.5) is 0 Å². The van der Waals surface area contributed by atoms with Gasteiger partial charge in [-0.15, -0.1) is 0 Å². The van der Waals surface area contributed by atoms with E-state index in [0.29, 0.717) is 30.6 Å². The molecular weight excluding hydrogens is 440 g/mol. The molecule has 0 aliphatic heterocycles. The lowest BCUT2D eigenvalue weighted by Gasteiger charge is -2.58. The number of fused-ring (bicyclic) bond motifs is 5. The van der Waals surface area contributed by atoms with Gasteiger partial charge in [0.1, 0.15) is 6.10 Å². The van der Waals surface area contributed by atoms with Crippen molar-refractivity contribution in [3.8, 4) is 0 Å². The lowest BCUT2D eigenvalue weighted by Crippen LogP contribution is -2.58. The summed E-state index contributed by atoms with van der Waals surface area (Å²) in [6.45, 7) is 12.0. The Morgan fingerprint density at radius 1 is 0.971 bits per heavy atom. The molecule has 5 heteroatoms. The van der Waals surface area contributed by atoms with Crippen LogP contribution in [0.25, 0.3) is 0 Å². The third-order valence-corrected chi connectivity index (χ3v) is 10.2. The first-order valence-corrected chi connectivity index (χ1v) is 13.8. The number of carbonyl (C=O) groups excluding carboxylic acids is 3. The van der Waals surface area contributed by atoms with Gasteiger partial charge in [0.25, 0.3) is 0 Å². The first-order valence-electron chi connectivity index (χ1n) is 13.8. The van der Waals surface area contributed by atoms with Crippen LogP contribution in [0.3, 0.4) is 0 Å². The fraction of sp³-hybridized carbons (Fsp3) is 0.767. The molecule has 0 radical (unpaired) electrons. The SMILES string of the molecule is CCCCCC(=O)O[C@]1(C(C)=O)CC[C@@H]2[C@@H]3C=C(C)C4=C[C@H](OC(C)=O)CC[C@]4(C)[C@@H]3CC[C@@]21C. The van der Waals surface area contributed by atoms with Crippen LogP contribution in [0.5, 0.6) is 0 Å². The molecule has 0 unspecified atom stereocenters. The van der Waals surface area contributed by atoms with Crippen LogP contribution in [0.1, 0.15) is 106 Å². The standard InChI is InChI=1S/C30H44O5/c1-7-8-9-10-27(33)35-30(20(3)31)16-13-25-23-17-19(2)26-18-22(34-21(4)32)11-14-28(26,5)24(23)12-15-29(25,30)6/h17-18,22-25H,7-16H2,1-6H3/t22-,23-,24-,25-,28-,29+,30+/m1/s1. The summed E-state index contributed by atoms with van der Waals surface area (Å²) in [6, 6.07) is 0. The number of ketones is 1. The Labute approximate surface area is 211 Å². The van der Waals surface area contributed by atoms with Crippen LogP contribution >= 0.6 is 0 Å². The van der Waals surface area contributed by atoms with Gasteiger partial charge in [-0.05, 0) is 93.6 Å². The maximum Gasteiger partial charge on any atom is 0.306 e. The number of rotatable bonds is 7. The van der Waals surface area contributed by atoms with E-state index in [1.54, 1.807) is 6.92 Å². The highest BCUT2D eigenvalue weighted by atomic mass is 16.6. The zero-order valence-electron chi connectivity index (χ0n) is 22.6. The van der Waals surface area contributed by atoms with Gasteiger partial charge in [0.15, 0.2) is 11.4 Å². The van der Waals surface area contributed by atoms with Crippen molar-refractivity contribution in [2.75, 3.05) is 0 Å². The first-order chi connectivity index (χ1) is 16.5. The van der Waals surface area contributed by atoms with Gasteiger partial charge in [-0.2, -0.15) is 0 Å². The summed E-state index contributed by atoms with van der Waals surface area (Å²) in [5.41, 5.74) is 1.30. The van der Waals surface area contributed by atoms with Crippen molar-refractivity contribution in [2.45, 2.75) is 117 Å². The van der Waals surface area contributed by atoms with Crippen molar-refractivity contribution in [2.24, 2.45) is 28.6 Å². The van der Waals surface area contributed by atoms with Gasteiger partial charge < -0.3 is 9.47 Å². The molecule has 0 aromatic carbocycles. The minimum atomic E-state index is -1.00. The Morgan fingerprint density at radius 2 is 1.69 bits per heavy atom. The molecule has 4 aliphatic rings. The average molecular weight is 485 g/mol.